The molecule has 1 heterocycles. The van der Waals surface area contributed by atoms with E-state index < -0.39 is 21.5 Å². The summed E-state index contributed by atoms with van der Waals surface area (Å²) in [4.78, 5) is 12.2. The van der Waals surface area contributed by atoms with Crippen molar-refractivity contribution in [2.24, 2.45) is 5.92 Å². The van der Waals surface area contributed by atoms with Gasteiger partial charge < -0.3 is 5.32 Å². The van der Waals surface area contributed by atoms with Crippen LogP contribution in [-0.4, -0.2) is 36.3 Å². The second kappa shape index (κ2) is 8.26. The van der Waals surface area contributed by atoms with Gasteiger partial charge in [-0.05, 0) is 18.8 Å². The van der Waals surface area contributed by atoms with Crippen molar-refractivity contribution in [3.63, 3.8) is 0 Å². The minimum absolute atomic E-state index is 0.0812. The van der Waals surface area contributed by atoms with Crippen LogP contribution in [-0.2, 0) is 20.4 Å². The Morgan fingerprint density at radius 2 is 1.92 bits per heavy atom. The fourth-order valence-corrected chi connectivity index (χ4v) is 5.66. The van der Waals surface area contributed by atoms with Gasteiger partial charge in [0, 0.05) is 11.6 Å². The lowest BCUT2D eigenvalue weighted by molar-refractivity contribution is -0.119. The zero-order valence-corrected chi connectivity index (χ0v) is 16.4. The number of amides is 1. The SMILES string of the molecule is C[C@H]1CCCC[C@H]1NC(=O)CS(=O)(=O)Cc1nnc(-c2ccccc2)s1. The number of rotatable bonds is 6. The summed E-state index contributed by atoms with van der Waals surface area (Å²) >= 11 is 1.24. The van der Waals surface area contributed by atoms with Gasteiger partial charge >= 0.3 is 0 Å². The summed E-state index contributed by atoms with van der Waals surface area (Å²) in [5, 5.41) is 12.0. The molecule has 1 aromatic heterocycles. The summed E-state index contributed by atoms with van der Waals surface area (Å²) in [7, 11) is -3.58. The molecule has 1 saturated carbocycles. The van der Waals surface area contributed by atoms with E-state index in [0.717, 1.165) is 24.8 Å². The number of nitrogens with one attached hydrogen (secondary N) is 1. The van der Waals surface area contributed by atoms with Gasteiger partial charge in [-0.25, -0.2) is 8.42 Å². The molecule has 1 aliphatic carbocycles. The molecule has 1 N–H and O–H groups in total. The highest BCUT2D eigenvalue weighted by Gasteiger charge is 2.26. The average molecular weight is 394 g/mol. The average Bonchev–Trinajstić information content (AvgIpc) is 3.05. The van der Waals surface area contributed by atoms with Crippen molar-refractivity contribution in [1.29, 1.82) is 0 Å². The number of carbonyl (C=O) groups excluding carboxylic acids is 1. The minimum atomic E-state index is -3.58. The summed E-state index contributed by atoms with van der Waals surface area (Å²) in [6, 6.07) is 9.57. The van der Waals surface area contributed by atoms with E-state index in [-0.39, 0.29) is 11.8 Å². The first-order valence-corrected chi connectivity index (χ1v) is 11.4. The second-order valence-corrected chi connectivity index (χ2v) is 9.96. The number of aromatic nitrogens is 2. The number of carbonyl (C=O) groups is 1. The van der Waals surface area contributed by atoms with E-state index in [4.69, 9.17) is 0 Å². The smallest absolute Gasteiger partial charge is 0.235 e. The van der Waals surface area contributed by atoms with Gasteiger partial charge in [-0.15, -0.1) is 10.2 Å². The van der Waals surface area contributed by atoms with E-state index in [1.165, 1.54) is 17.8 Å². The molecule has 0 bridgehead atoms. The van der Waals surface area contributed by atoms with Gasteiger partial charge in [0.05, 0.1) is 0 Å². The predicted octanol–water partition coefficient (Wildman–Crippen LogP) is 2.81. The first kappa shape index (κ1) is 19.0. The molecule has 8 heteroatoms. The summed E-state index contributed by atoms with van der Waals surface area (Å²) in [6.07, 6.45) is 4.25. The lowest BCUT2D eigenvalue weighted by atomic mass is 9.86. The van der Waals surface area contributed by atoms with Crippen molar-refractivity contribution in [3.05, 3.63) is 35.3 Å². The third-order valence-electron chi connectivity index (χ3n) is 4.64. The molecular formula is C18H23N3O3S2. The van der Waals surface area contributed by atoms with Crippen molar-refractivity contribution >= 4 is 27.1 Å². The lowest BCUT2D eigenvalue weighted by Gasteiger charge is -2.29. The van der Waals surface area contributed by atoms with Crippen molar-refractivity contribution in [2.75, 3.05) is 5.75 Å². The fourth-order valence-electron chi connectivity index (χ4n) is 3.23. The summed E-state index contributed by atoms with van der Waals surface area (Å²) in [5.41, 5.74) is 0.901. The van der Waals surface area contributed by atoms with Crippen LogP contribution in [0, 0.1) is 5.92 Å². The van der Waals surface area contributed by atoms with E-state index in [0.29, 0.717) is 15.9 Å². The first-order chi connectivity index (χ1) is 12.4. The summed E-state index contributed by atoms with van der Waals surface area (Å²) in [6.45, 7) is 2.10. The van der Waals surface area contributed by atoms with Crippen LogP contribution in [0.2, 0.25) is 0 Å². The van der Waals surface area contributed by atoms with Crippen LogP contribution < -0.4 is 5.32 Å². The van der Waals surface area contributed by atoms with E-state index in [2.05, 4.69) is 22.4 Å². The number of hydrogen-bond acceptors (Lipinski definition) is 6. The number of nitrogens with zero attached hydrogens (tertiary/aromatic N) is 2. The Hall–Kier alpha value is -1.80. The molecule has 140 valence electrons. The summed E-state index contributed by atoms with van der Waals surface area (Å²) < 4.78 is 24.7. The highest BCUT2D eigenvalue weighted by molar-refractivity contribution is 7.91. The molecule has 3 rings (SSSR count). The van der Waals surface area contributed by atoms with Gasteiger partial charge in [-0.1, -0.05) is 61.4 Å². The van der Waals surface area contributed by atoms with Gasteiger partial charge in [0.2, 0.25) is 5.91 Å². The van der Waals surface area contributed by atoms with Gasteiger partial charge in [-0.2, -0.15) is 0 Å². The van der Waals surface area contributed by atoms with Crippen LogP contribution in [0.4, 0.5) is 0 Å². The molecular weight excluding hydrogens is 370 g/mol. The Kier molecular flexibility index (Phi) is 6.03. The molecule has 0 saturated heterocycles. The van der Waals surface area contributed by atoms with E-state index in [1.54, 1.807) is 0 Å². The molecule has 1 aromatic carbocycles. The molecule has 6 nitrogen and oxygen atoms in total. The monoisotopic (exact) mass is 393 g/mol. The van der Waals surface area contributed by atoms with E-state index in [9.17, 15) is 13.2 Å². The van der Waals surface area contributed by atoms with Crippen LogP contribution in [0.3, 0.4) is 0 Å². The Labute approximate surface area is 158 Å². The Morgan fingerprint density at radius 3 is 2.65 bits per heavy atom. The van der Waals surface area contributed by atoms with E-state index >= 15 is 0 Å². The topological polar surface area (TPSA) is 89.0 Å². The highest BCUT2D eigenvalue weighted by atomic mass is 32.2. The maximum absolute atomic E-state index is 12.4. The molecule has 2 atom stereocenters. The zero-order chi connectivity index (χ0) is 18.6. The number of hydrogen-bond donors (Lipinski definition) is 1. The molecule has 1 amide bonds. The van der Waals surface area contributed by atoms with Crippen LogP contribution in [0.1, 0.15) is 37.6 Å². The quantitative estimate of drug-likeness (QED) is 0.815. The normalized spacial score (nSPS) is 20.7. The molecule has 2 aromatic rings. The Bertz CT molecular complexity index is 850. The molecule has 0 aliphatic heterocycles. The standard InChI is InChI=1S/C18H23N3O3S2/c1-13-7-5-6-10-15(13)19-16(22)11-26(23,24)12-17-20-21-18(25-17)14-8-3-2-4-9-14/h2-4,8-9,13,15H,5-7,10-12H2,1H3,(H,19,22)/t13-,15+/m0/s1. The highest BCUT2D eigenvalue weighted by Crippen LogP contribution is 2.25. The van der Waals surface area contributed by atoms with Crippen molar-refractivity contribution in [3.8, 4) is 10.6 Å². The molecule has 26 heavy (non-hydrogen) atoms. The third-order valence-corrected chi connectivity index (χ3v) is 7.21. The van der Waals surface area contributed by atoms with Crippen LogP contribution >= 0.6 is 11.3 Å². The van der Waals surface area contributed by atoms with Gasteiger partial charge in [-0.3, -0.25) is 4.79 Å². The molecule has 0 spiro atoms. The Morgan fingerprint density at radius 1 is 1.19 bits per heavy atom. The maximum atomic E-state index is 12.4. The van der Waals surface area contributed by atoms with Gasteiger partial charge in [0.1, 0.15) is 21.5 Å². The van der Waals surface area contributed by atoms with Crippen LogP contribution in [0.25, 0.3) is 10.6 Å². The van der Waals surface area contributed by atoms with Crippen LogP contribution in [0.15, 0.2) is 30.3 Å². The van der Waals surface area contributed by atoms with E-state index in [1.807, 2.05) is 30.3 Å². The Balaban J connectivity index is 1.58. The van der Waals surface area contributed by atoms with Crippen molar-refractivity contribution in [2.45, 2.75) is 44.4 Å². The maximum Gasteiger partial charge on any atom is 0.235 e. The summed E-state index contributed by atoms with van der Waals surface area (Å²) in [5.74, 6) is -0.787. The molecule has 0 radical (unpaired) electrons. The molecule has 0 unspecified atom stereocenters. The van der Waals surface area contributed by atoms with Crippen molar-refractivity contribution in [1.82, 2.24) is 15.5 Å². The lowest BCUT2D eigenvalue weighted by Crippen LogP contribution is -2.43. The van der Waals surface area contributed by atoms with Gasteiger partial charge in [0.25, 0.3) is 0 Å². The minimum Gasteiger partial charge on any atom is -0.352 e. The molecule has 1 fully saturated rings. The largest absolute Gasteiger partial charge is 0.352 e. The number of sulfone groups is 1. The molecule has 1 aliphatic rings. The third kappa shape index (κ3) is 5.11. The predicted molar refractivity (Wildman–Crippen MR) is 102 cm³/mol. The van der Waals surface area contributed by atoms with Crippen molar-refractivity contribution < 1.29 is 13.2 Å². The zero-order valence-electron chi connectivity index (χ0n) is 14.7. The number of benzene rings is 1. The first-order valence-electron chi connectivity index (χ1n) is 8.80. The second-order valence-electron chi connectivity index (χ2n) is 6.83. The fraction of sp³-hybridized carbons (Fsp3) is 0.500. The van der Waals surface area contributed by atoms with Gasteiger partial charge in [0.15, 0.2) is 9.84 Å². The van der Waals surface area contributed by atoms with Crippen LogP contribution in [0.5, 0.6) is 0 Å².